The average molecular weight is 651 g/mol. The predicted molar refractivity (Wildman–Crippen MR) is 175 cm³/mol. The van der Waals surface area contributed by atoms with Crippen LogP contribution in [0.5, 0.6) is 11.5 Å². The molecule has 0 amide bonds. The lowest BCUT2D eigenvalue weighted by Crippen LogP contribution is -2.34. The molecule has 0 saturated carbocycles. The Morgan fingerprint density at radius 3 is 1.43 bits per heavy atom. The fourth-order valence-corrected chi connectivity index (χ4v) is 5.74. The normalized spacial score (nSPS) is 11.8. The fraction of sp³-hybridized carbons (Fsp3) is 0.333. The van der Waals surface area contributed by atoms with E-state index in [1.54, 1.807) is 26.4 Å². The fourth-order valence-electron chi connectivity index (χ4n) is 4.85. The molecule has 0 radical (unpaired) electrons. The summed E-state index contributed by atoms with van der Waals surface area (Å²) in [4.78, 5) is 0.124. The minimum Gasteiger partial charge on any atom is -0.497 e. The Hall–Kier alpha value is -3.77. The van der Waals surface area contributed by atoms with Crippen LogP contribution in [-0.4, -0.2) is 75.5 Å². The summed E-state index contributed by atoms with van der Waals surface area (Å²) in [6.45, 7) is 4.03. The maximum Gasteiger partial charge on any atom is 0.297 e. The number of hydrogen-bond acceptors (Lipinski definition) is 9. The number of benzene rings is 4. The van der Waals surface area contributed by atoms with Crippen molar-refractivity contribution in [2.24, 2.45) is 0 Å². The van der Waals surface area contributed by atoms with Gasteiger partial charge in [-0.2, -0.15) is 8.42 Å². The molecule has 0 fully saturated rings. The molecule has 0 unspecified atom stereocenters. The van der Waals surface area contributed by atoms with Crippen LogP contribution in [0.2, 0.25) is 0 Å². The molecule has 0 heterocycles. The van der Waals surface area contributed by atoms with Crippen molar-refractivity contribution in [2.45, 2.75) is 17.4 Å². The molecule has 10 heteroatoms. The van der Waals surface area contributed by atoms with Gasteiger partial charge in [-0.1, -0.05) is 72.3 Å². The first-order valence-electron chi connectivity index (χ1n) is 15.1. The highest BCUT2D eigenvalue weighted by Gasteiger charge is 2.37. The molecule has 46 heavy (non-hydrogen) atoms. The number of methoxy groups -OCH3 is 2. The van der Waals surface area contributed by atoms with Crippen LogP contribution >= 0.6 is 0 Å². The molecule has 9 nitrogen and oxygen atoms in total. The van der Waals surface area contributed by atoms with Crippen molar-refractivity contribution < 1.29 is 41.0 Å². The molecule has 0 aromatic heterocycles. The van der Waals surface area contributed by atoms with Crippen molar-refractivity contribution in [2.75, 3.05) is 67.1 Å². The molecule has 4 rings (SSSR count). The molecule has 0 saturated heterocycles. The van der Waals surface area contributed by atoms with E-state index in [1.165, 1.54) is 12.1 Å². The summed E-state index contributed by atoms with van der Waals surface area (Å²) in [5, 5.41) is 0. The van der Waals surface area contributed by atoms with E-state index in [0.717, 1.165) is 33.8 Å². The van der Waals surface area contributed by atoms with Crippen LogP contribution in [0.25, 0.3) is 0 Å². The smallest absolute Gasteiger partial charge is 0.297 e. The summed E-state index contributed by atoms with van der Waals surface area (Å²) >= 11 is 0. The van der Waals surface area contributed by atoms with Gasteiger partial charge >= 0.3 is 0 Å². The Morgan fingerprint density at radius 1 is 0.522 bits per heavy atom. The molecule has 0 aliphatic carbocycles. The molecular formula is C36H42O9S. The first-order valence-corrected chi connectivity index (χ1v) is 16.5. The highest BCUT2D eigenvalue weighted by atomic mass is 32.2. The van der Waals surface area contributed by atoms with Gasteiger partial charge in [-0.3, -0.25) is 4.18 Å². The van der Waals surface area contributed by atoms with Crippen LogP contribution in [0.15, 0.2) is 108 Å². The van der Waals surface area contributed by atoms with Gasteiger partial charge in [0.05, 0.1) is 72.0 Å². The number of ether oxygens (including phenoxy) is 6. The monoisotopic (exact) mass is 650 g/mol. The van der Waals surface area contributed by atoms with Crippen LogP contribution < -0.4 is 9.47 Å². The largest absolute Gasteiger partial charge is 0.497 e. The quantitative estimate of drug-likeness (QED) is 0.0670. The third kappa shape index (κ3) is 9.62. The molecule has 4 aromatic carbocycles. The van der Waals surface area contributed by atoms with Crippen LogP contribution in [-0.2, 0) is 38.8 Å². The molecule has 0 spiro atoms. The number of aryl methyl sites for hydroxylation is 1. The lowest BCUT2D eigenvalue weighted by atomic mass is 9.80. The highest BCUT2D eigenvalue weighted by Crippen LogP contribution is 2.41. The maximum atomic E-state index is 12.2. The number of hydrogen-bond donors (Lipinski definition) is 0. The van der Waals surface area contributed by atoms with Gasteiger partial charge in [0.1, 0.15) is 17.1 Å². The van der Waals surface area contributed by atoms with Gasteiger partial charge < -0.3 is 28.4 Å². The first kappa shape index (κ1) is 35.1. The van der Waals surface area contributed by atoms with Crippen molar-refractivity contribution in [3.8, 4) is 11.5 Å². The zero-order valence-electron chi connectivity index (χ0n) is 26.6. The molecule has 0 atom stereocenters. The van der Waals surface area contributed by atoms with Gasteiger partial charge in [0, 0.05) is 0 Å². The standard InChI is InChI=1S/C36H42O9S/c1-29-9-19-35(20-10-29)46(37,38)45-28-26-43-24-22-41-21-23-42-25-27-44-36(30-7-5-4-6-8-30,31-11-15-33(39-2)16-12-31)32-13-17-34(40-3)18-14-32/h4-20H,21-28H2,1-3H3. The van der Waals surface area contributed by atoms with Gasteiger partial charge in [0.2, 0.25) is 0 Å². The lowest BCUT2D eigenvalue weighted by Gasteiger charge is -2.36. The topological polar surface area (TPSA) is 98.8 Å². The van der Waals surface area contributed by atoms with E-state index in [9.17, 15) is 8.42 Å². The summed E-state index contributed by atoms with van der Waals surface area (Å²) in [7, 11) is -0.511. The lowest BCUT2D eigenvalue weighted by molar-refractivity contribution is -0.0373. The van der Waals surface area contributed by atoms with Gasteiger partial charge in [-0.25, -0.2) is 0 Å². The Kier molecular flexibility index (Phi) is 13.6. The van der Waals surface area contributed by atoms with Crippen molar-refractivity contribution in [1.29, 1.82) is 0 Å². The first-order chi connectivity index (χ1) is 22.4. The minimum atomic E-state index is -3.80. The van der Waals surface area contributed by atoms with Crippen LogP contribution in [0.1, 0.15) is 22.3 Å². The highest BCUT2D eigenvalue weighted by molar-refractivity contribution is 7.86. The van der Waals surface area contributed by atoms with E-state index < -0.39 is 15.7 Å². The third-order valence-electron chi connectivity index (χ3n) is 7.24. The Bertz CT molecular complexity index is 1490. The van der Waals surface area contributed by atoms with Crippen molar-refractivity contribution in [3.05, 3.63) is 125 Å². The second-order valence-corrected chi connectivity index (χ2v) is 11.9. The van der Waals surface area contributed by atoms with E-state index in [2.05, 4.69) is 12.1 Å². The Morgan fingerprint density at radius 2 is 0.957 bits per heavy atom. The molecule has 0 aliphatic rings. The van der Waals surface area contributed by atoms with Crippen LogP contribution in [0, 0.1) is 6.92 Å². The maximum absolute atomic E-state index is 12.2. The molecule has 0 N–H and O–H groups in total. The van der Waals surface area contributed by atoms with Gasteiger partial charge in [0.25, 0.3) is 10.1 Å². The van der Waals surface area contributed by atoms with Crippen molar-refractivity contribution in [1.82, 2.24) is 0 Å². The summed E-state index contributed by atoms with van der Waals surface area (Å²) in [5.41, 5.74) is 2.95. The number of rotatable bonds is 20. The Balaban J connectivity index is 1.23. The van der Waals surface area contributed by atoms with Crippen molar-refractivity contribution in [3.63, 3.8) is 0 Å². The van der Waals surface area contributed by atoms with Gasteiger partial charge in [-0.05, 0) is 60.0 Å². The van der Waals surface area contributed by atoms with E-state index >= 15 is 0 Å². The van der Waals surface area contributed by atoms with Gasteiger partial charge in [-0.15, -0.1) is 0 Å². The molecular weight excluding hydrogens is 608 g/mol. The van der Waals surface area contributed by atoms with E-state index in [4.69, 9.17) is 32.6 Å². The molecule has 0 bridgehead atoms. The van der Waals surface area contributed by atoms with Crippen molar-refractivity contribution >= 4 is 10.1 Å². The predicted octanol–water partition coefficient (Wildman–Crippen LogP) is 5.78. The minimum absolute atomic E-state index is 0.0726. The zero-order chi connectivity index (χ0) is 32.7. The van der Waals surface area contributed by atoms with E-state index in [-0.39, 0.29) is 18.1 Å². The van der Waals surface area contributed by atoms with Gasteiger partial charge in [0.15, 0.2) is 0 Å². The molecule has 0 aliphatic heterocycles. The molecule has 246 valence electrons. The average Bonchev–Trinajstić information content (AvgIpc) is 3.09. The summed E-state index contributed by atoms with van der Waals surface area (Å²) in [6.07, 6.45) is 0. The summed E-state index contributed by atoms with van der Waals surface area (Å²) in [5.74, 6) is 1.52. The van der Waals surface area contributed by atoms with Crippen LogP contribution in [0.4, 0.5) is 0 Å². The zero-order valence-corrected chi connectivity index (χ0v) is 27.4. The van der Waals surface area contributed by atoms with E-state index in [0.29, 0.717) is 39.6 Å². The van der Waals surface area contributed by atoms with E-state index in [1.807, 2.05) is 73.7 Å². The second-order valence-electron chi connectivity index (χ2n) is 10.3. The second kappa shape index (κ2) is 17.8. The SMILES string of the molecule is COc1ccc(C(OCCOCCOCCOCCOS(=O)(=O)c2ccc(C)cc2)(c2ccccc2)c2ccc(OC)cc2)cc1. The van der Waals surface area contributed by atoms with Crippen LogP contribution in [0.3, 0.4) is 0 Å². The third-order valence-corrected chi connectivity index (χ3v) is 8.57. The summed E-state index contributed by atoms with van der Waals surface area (Å²) in [6, 6.07) is 32.4. The molecule has 4 aromatic rings. The Labute approximate surface area is 272 Å². The summed E-state index contributed by atoms with van der Waals surface area (Å²) < 4.78 is 63.9.